The summed E-state index contributed by atoms with van der Waals surface area (Å²) in [7, 11) is -3.12. The van der Waals surface area contributed by atoms with Crippen LogP contribution in [0.3, 0.4) is 0 Å². The summed E-state index contributed by atoms with van der Waals surface area (Å²) in [6.07, 6.45) is 1.60. The third-order valence-corrected chi connectivity index (χ3v) is 20.9. The molecule has 0 fully saturated rings. The number of benzene rings is 10. The van der Waals surface area contributed by atoms with E-state index in [2.05, 4.69) is 154 Å². The Morgan fingerprint density at radius 2 is 1.01 bits per heavy atom. The van der Waals surface area contributed by atoms with Crippen LogP contribution in [0, 0.1) is 25.7 Å². The first kappa shape index (κ1) is 42.3. The summed E-state index contributed by atoms with van der Waals surface area (Å²) in [5.41, 5.74) is 12.1. The number of anilines is 7. The van der Waals surface area contributed by atoms with E-state index in [9.17, 15) is 2.74 Å². The average Bonchev–Trinajstić information content (AvgIpc) is 1.44. The Labute approximate surface area is 512 Å². The maximum atomic E-state index is 9.33. The summed E-state index contributed by atoms with van der Waals surface area (Å²) >= 11 is 0. The van der Waals surface area contributed by atoms with Crippen LogP contribution in [-0.4, -0.2) is 13.1 Å². The topological polar surface area (TPSA) is 31.8 Å². The molecule has 5 nitrogen and oxygen atoms in total. The fraction of sp³-hybridized carbons (Fsp3) is 0.120. The normalized spacial score (nSPS) is 15.4. The molecule has 0 atom stereocenters. The average molecular weight is 1270 g/mol. The molecule has 1 aromatic heterocycles. The summed E-state index contributed by atoms with van der Waals surface area (Å²) in [6, 6.07) is 61.6. The van der Waals surface area contributed by atoms with Gasteiger partial charge in [0.15, 0.2) is 0 Å². The van der Waals surface area contributed by atoms with Crippen LogP contribution in [0.25, 0.3) is 44.5 Å². The van der Waals surface area contributed by atoms with Crippen LogP contribution in [-0.2, 0) is 31.9 Å². The van der Waals surface area contributed by atoms with Gasteiger partial charge in [-0.3, -0.25) is 0 Å². The second-order valence-electron chi connectivity index (χ2n) is 23.0. The minimum absolute atomic E-state index is 0. The van der Waals surface area contributed by atoms with Crippen molar-refractivity contribution in [2.75, 3.05) is 14.7 Å². The Kier molecular flexibility index (Phi) is 10.6. The third-order valence-electron chi connectivity index (χ3n) is 16.0. The SMILES string of the molecule is [2H]c1c([2H])c([2H])c(-c2cnc(N3c4[c-]c(Oc5[c-]c(N6[CH-]N(c7c(-c8cc(C(C)(C)C)cc(C(C)(C)C)c8)cccc7-c7c([2H])c([2H])c([2H])c([2H])c7[2H])c7ccccc76)ccc5)ccc4[Si]4(c5ccccc5-c5ccccc54)c4ccccc43)cc2C)c([2H])c1[2H].[Pt]. The van der Waals surface area contributed by atoms with Gasteiger partial charge in [-0.2, -0.15) is 12.1 Å². The largest absolute Gasteiger partial charge is 0.509 e. The van der Waals surface area contributed by atoms with Crippen molar-refractivity contribution in [1.29, 1.82) is 0 Å². The maximum absolute atomic E-state index is 9.33. The molecule has 0 N–H and O–H groups in total. The monoisotopic (exact) mass is 1270 g/mol. The van der Waals surface area contributed by atoms with Crippen LogP contribution >= 0.6 is 0 Å². The smallest absolute Gasteiger partial charge is 0.135 e. The van der Waals surface area contributed by atoms with Gasteiger partial charge < -0.3 is 19.4 Å². The van der Waals surface area contributed by atoms with E-state index in [1.54, 1.807) is 6.20 Å². The molecule has 4 heterocycles. The molecule has 404 valence electrons. The second-order valence-corrected chi connectivity index (χ2v) is 26.6. The van der Waals surface area contributed by atoms with Crippen LogP contribution in [0.15, 0.2) is 236 Å². The first-order chi connectivity index (χ1) is 43.5. The standard InChI is InChI=1S/C75H61N4OSi.Pt/c1-50-42-72(76-48-63(50)52-26-12-9-13-27-52)79-66-36-18-21-39-70(66)81(68-37-19-14-30-61(68)62-31-15-20-38-69(62)81)71-41-40-58(47-67(71)79)80-57-29-22-28-56(46-57)77-49-78(65-35-17-16-34-64(65)77)73-59(51-24-10-8-11-25-51)32-23-33-60(73)53-43-54(74(2,3)4)45-55(44-53)75(5,6)7;/h8-45,48-49H,1-7H3;/q-3;/i8D,9D,10D,11D,12D,13D,24D,25D,26D,27D;. The van der Waals surface area contributed by atoms with E-state index >= 15 is 0 Å². The summed E-state index contributed by atoms with van der Waals surface area (Å²) in [4.78, 5) is 11.3. The predicted molar refractivity (Wildman–Crippen MR) is 339 cm³/mol. The number of fused-ring (bicyclic) bond motifs is 10. The van der Waals surface area contributed by atoms with Crippen molar-refractivity contribution in [2.45, 2.75) is 59.3 Å². The second kappa shape index (κ2) is 20.5. The number of aryl methyl sites for hydroxylation is 1. The van der Waals surface area contributed by atoms with Gasteiger partial charge in [-0.25, -0.2) is 4.98 Å². The maximum Gasteiger partial charge on any atom is 0.135 e. The van der Waals surface area contributed by atoms with Crippen molar-refractivity contribution in [1.82, 2.24) is 4.98 Å². The predicted octanol–water partition coefficient (Wildman–Crippen LogP) is 16.9. The molecule has 82 heavy (non-hydrogen) atoms. The minimum atomic E-state index is -3.12. The van der Waals surface area contributed by atoms with Gasteiger partial charge in [-0.15, -0.1) is 47.9 Å². The number of aromatic nitrogens is 1. The van der Waals surface area contributed by atoms with E-state index in [0.29, 0.717) is 45.4 Å². The molecule has 7 heteroatoms. The summed E-state index contributed by atoms with van der Waals surface area (Å²) in [5, 5.41) is 4.72. The van der Waals surface area contributed by atoms with E-state index < -0.39 is 44.3 Å². The van der Waals surface area contributed by atoms with Crippen molar-refractivity contribution >= 4 is 68.8 Å². The summed E-state index contributed by atoms with van der Waals surface area (Å²) < 4.78 is 94.9. The molecule has 0 aliphatic carbocycles. The molecule has 10 aromatic carbocycles. The number of hydrogen-bond donors (Lipinski definition) is 0. The minimum Gasteiger partial charge on any atom is -0.509 e. The number of nitrogens with zero attached hydrogens (tertiary/aromatic N) is 4. The van der Waals surface area contributed by atoms with Gasteiger partial charge in [0.2, 0.25) is 0 Å². The van der Waals surface area contributed by atoms with Crippen molar-refractivity contribution in [3.63, 3.8) is 0 Å². The first-order valence-electron chi connectivity index (χ1n) is 32.3. The zero-order valence-corrected chi connectivity index (χ0v) is 49.6. The molecule has 3 aliphatic heterocycles. The van der Waals surface area contributed by atoms with Gasteiger partial charge in [0.1, 0.15) is 13.9 Å². The number of pyridine rings is 1. The number of ether oxygens (including phenoxy) is 1. The molecular weight excluding hydrogens is 1200 g/mol. The first-order valence-corrected chi connectivity index (χ1v) is 29.3. The number of hydrogen-bond acceptors (Lipinski definition) is 5. The van der Waals surface area contributed by atoms with Gasteiger partial charge in [-0.05, 0) is 102 Å². The molecule has 3 aliphatic rings. The Hall–Kier alpha value is -8.54. The van der Waals surface area contributed by atoms with Gasteiger partial charge >= 0.3 is 0 Å². The van der Waals surface area contributed by atoms with Gasteiger partial charge in [0.25, 0.3) is 0 Å². The molecule has 14 rings (SSSR count). The van der Waals surface area contributed by atoms with Crippen molar-refractivity contribution in [3.05, 3.63) is 272 Å². The van der Waals surface area contributed by atoms with Crippen molar-refractivity contribution in [2.24, 2.45) is 0 Å². The number of para-hydroxylation sites is 4. The van der Waals surface area contributed by atoms with E-state index in [4.69, 9.17) is 20.7 Å². The Morgan fingerprint density at radius 1 is 0.488 bits per heavy atom. The van der Waals surface area contributed by atoms with Gasteiger partial charge in [0, 0.05) is 78.2 Å². The van der Waals surface area contributed by atoms with E-state index in [1.807, 2.05) is 97.4 Å². The van der Waals surface area contributed by atoms with E-state index in [-0.39, 0.29) is 67.2 Å². The Balaban J connectivity index is 0.00000773. The molecule has 0 radical (unpaired) electrons. The Morgan fingerprint density at radius 3 is 1.63 bits per heavy atom. The van der Waals surface area contributed by atoms with Crippen LogP contribution in [0.4, 0.5) is 39.9 Å². The van der Waals surface area contributed by atoms with Crippen molar-refractivity contribution in [3.8, 4) is 56.0 Å². The molecule has 1 spiro atoms. The summed E-state index contributed by atoms with van der Waals surface area (Å²) in [5.74, 6) is 1.34. The quantitative estimate of drug-likeness (QED) is 0.112. The molecule has 0 unspecified atom stereocenters. The van der Waals surface area contributed by atoms with Crippen LogP contribution in [0.1, 0.15) is 71.9 Å². The zero-order valence-electron chi connectivity index (χ0n) is 56.3. The molecule has 11 aromatic rings. The zero-order chi connectivity index (χ0) is 63.9. The molecular formula is C75H61N4OPtSi-3. The molecule has 0 saturated heterocycles. The molecule has 0 bridgehead atoms. The molecule has 0 saturated carbocycles. The van der Waals surface area contributed by atoms with Crippen LogP contribution < -0.4 is 40.2 Å². The molecule has 0 amide bonds. The van der Waals surface area contributed by atoms with Crippen LogP contribution in [0.5, 0.6) is 11.5 Å². The fourth-order valence-electron chi connectivity index (χ4n) is 12.1. The fourth-order valence-corrected chi connectivity index (χ4v) is 17.6. The van der Waals surface area contributed by atoms with Gasteiger partial charge in [-0.1, -0.05) is 223 Å². The van der Waals surface area contributed by atoms with E-state index in [0.717, 1.165) is 55.4 Å². The Bertz CT molecular complexity index is 4760. The number of rotatable bonds is 8. The summed E-state index contributed by atoms with van der Waals surface area (Å²) in [6.45, 7) is 17.0. The third kappa shape index (κ3) is 8.74. The van der Waals surface area contributed by atoms with Crippen molar-refractivity contribution < 1.29 is 39.5 Å². The van der Waals surface area contributed by atoms with E-state index in [1.165, 1.54) is 21.5 Å². The van der Waals surface area contributed by atoms with Crippen LogP contribution in [0.2, 0.25) is 0 Å². The van der Waals surface area contributed by atoms with Gasteiger partial charge in [0.05, 0.1) is 13.7 Å².